The monoisotopic (exact) mass is 803 g/mol. The highest BCUT2D eigenvalue weighted by molar-refractivity contribution is 9.10. The molecule has 0 unspecified atom stereocenters. The maximum atomic E-state index is 12.8. The summed E-state index contributed by atoms with van der Waals surface area (Å²) in [5, 5.41) is 4.41. The van der Waals surface area contributed by atoms with Crippen LogP contribution in [0.15, 0.2) is 65.1 Å². The second-order valence-corrected chi connectivity index (χ2v) is 14.7. The Morgan fingerprint density at radius 1 is 0.902 bits per heavy atom. The van der Waals surface area contributed by atoms with Crippen LogP contribution in [0.5, 0.6) is 0 Å². The fourth-order valence-electron chi connectivity index (χ4n) is 6.46. The Kier molecular flexibility index (Phi) is 17.3. The predicted octanol–water partition coefficient (Wildman–Crippen LogP) is 8.65. The first-order valence-electron chi connectivity index (χ1n) is 18.0. The zero-order chi connectivity index (χ0) is 36.6. The van der Waals surface area contributed by atoms with Crippen LogP contribution >= 0.6 is 39.1 Å². The molecule has 0 spiro atoms. The third-order valence-corrected chi connectivity index (χ3v) is 10.6. The van der Waals surface area contributed by atoms with E-state index >= 15 is 0 Å². The lowest BCUT2D eigenvalue weighted by Crippen LogP contribution is -2.47. The summed E-state index contributed by atoms with van der Waals surface area (Å²) in [6.07, 6.45) is 7.18. The van der Waals surface area contributed by atoms with Crippen molar-refractivity contribution in [1.82, 2.24) is 14.7 Å². The maximum Gasteiger partial charge on any atom is 0.338 e. The fourth-order valence-corrected chi connectivity index (χ4v) is 7.46. The van der Waals surface area contributed by atoms with Crippen molar-refractivity contribution >= 4 is 68.1 Å². The number of para-hydroxylation sites is 2. The first-order chi connectivity index (χ1) is 24.6. The third kappa shape index (κ3) is 13.6. The van der Waals surface area contributed by atoms with Crippen molar-refractivity contribution in [3.8, 4) is 0 Å². The van der Waals surface area contributed by atoms with Gasteiger partial charge in [-0.3, -0.25) is 14.6 Å². The van der Waals surface area contributed by atoms with Crippen molar-refractivity contribution in [2.75, 3.05) is 70.1 Å². The first-order valence-corrected chi connectivity index (χ1v) is 19.5. The molecule has 0 atom stereocenters. The Morgan fingerprint density at radius 2 is 1.55 bits per heavy atom. The number of nitrogens with one attached hydrogen (secondary N) is 1. The molecule has 1 saturated heterocycles. The number of halogens is 3. The van der Waals surface area contributed by atoms with Crippen LogP contribution in [-0.2, 0) is 20.8 Å². The molecule has 0 amide bonds. The van der Waals surface area contributed by atoms with Crippen molar-refractivity contribution in [1.29, 1.82) is 0 Å². The van der Waals surface area contributed by atoms with Crippen LogP contribution in [0, 0.1) is 0 Å². The van der Waals surface area contributed by atoms with Crippen molar-refractivity contribution in [2.24, 2.45) is 0 Å². The Morgan fingerprint density at radius 3 is 2.18 bits per heavy atom. The lowest BCUT2D eigenvalue weighted by atomic mass is 9.93. The van der Waals surface area contributed by atoms with E-state index < -0.39 is 0 Å². The van der Waals surface area contributed by atoms with E-state index in [2.05, 4.69) is 42.9 Å². The average molecular weight is 806 g/mol. The number of benzene rings is 3. The highest BCUT2D eigenvalue weighted by Gasteiger charge is 2.22. The molecule has 0 bridgehead atoms. The van der Waals surface area contributed by atoms with E-state index in [0.29, 0.717) is 40.6 Å². The number of esters is 2. The SMILES string of the molecule is CCN(Cc1cc(C(=O)OCCCN2CCN(CCOC(C)=O)CC2)cc(Br)c1N)C1CCCCC1.Clc1cccc(Cl)c1Nc1ccccc1. The van der Waals surface area contributed by atoms with Gasteiger partial charge in [-0.05, 0) is 83.7 Å². The molecule has 3 aromatic rings. The van der Waals surface area contributed by atoms with E-state index in [9.17, 15) is 9.59 Å². The number of carbonyl (C=O) groups excluding carboxylic acids is 2. The molecule has 1 aliphatic carbocycles. The Labute approximate surface area is 321 Å². The first kappa shape index (κ1) is 40.9. The summed E-state index contributed by atoms with van der Waals surface area (Å²) in [5.41, 5.74) is 10.3. The van der Waals surface area contributed by atoms with E-state index in [0.717, 1.165) is 80.2 Å². The molecule has 278 valence electrons. The number of ether oxygens (including phenoxy) is 2. The minimum absolute atomic E-state index is 0.229. The van der Waals surface area contributed by atoms with Crippen LogP contribution < -0.4 is 11.1 Å². The number of nitrogen functional groups attached to an aromatic ring is 1. The molecule has 2 aliphatic rings. The summed E-state index contributed by atoms with van der Waals surface area (Å²) < 4.78 is 11.4. The molecule has 0 aromatic heterocycles. The number of piperazine rings is 1. The Bertz CT molecular complexity index is 1520. The summed E-state index contributed by atoms with van der Waals surface area (Å²) in [6.45, 7) is 11.7. The van der Waals surface area contributed by atoms with E-state index in [1.165, 1.54) is 39.0 Å². The third-order valence-electron chi connectivity index (χ3n) is 9.36. The molecular weight excluding hydrogens is 753 g/mol. The quantitative estimate of drug-likeness (QED) is 0.0943. The fraction of sp³-hybridized carbons (Fsp3) is 0.487. The highest BCUT2D eigenvalue weighted by atomic mass is 79.9. The number of carbonyl (C=O) groups is 2. The van der Waals surface area contributed by atoms with Crippen molar-refractivity contribution < 1.29 is 19.1 Å². The number of nitrogens with zero attached hydrogens (tertiary/aromatic N) is 3. The molecule has 9 nitrogen and oxygen atoms in total. The topological polar surface area (TPSA) is 100 Å². The van der Waals surface area contributed by atoms with Gasteiger partial charge in [-0.2, -0.15) is 0 Å². The molecule has 1 aliphatic heterocycles. The summed E-state index contributed by atoms with van der Waals surface area (Å²) in [5.74, 6) is -0.527. The van der Waals surface area contributed by atoms with Gasteiger partial charge in [0.15, 0.2) is 0 Å². The molecule has 2 fully saturated rings. The zero-order valence-corrected chi connectivity index (χ0v) is 32.9. The van der Waals surface area contributed by atoms with Crippen LogP contribution in [0.2, 0.25) is 10.0 Å². The zero-order valence-electron chi connectivity index (χ0n) is 29.9. The molecule has 3 N–H and O–H groups in total. The standard InChI is InChI=1S/C27H43BrN4O4.C12H9Cl2N/c1-3-32(24-8-5-4-6-9-24)20-23-18-22(19-25(28)26(23)29)27(34)36-16-7-10-30-11-13-31(14-12-30)15-17-35-21(2)33;13-10-7-4-8-11(14)12(10)15-9-5-2-1-3-6-9/h18-19,24H,3-17,20,29H2,1-2H3;1-8,15H. The molecule has 1 saturated carbocycles. The predicted molar refractivity (Wildman–Crippen MR) is 212 cm³/mol. The van der Waals surface area contributed by atoms with Gasteiger partial charge in [0.25, 0.3) is 0 Å². The molecule has 3 aromatic carbocycles. The summed E-state index contributed by atoms with van der Waals surface area (Å²) >= 11 is 15.6. The van der Waals surface area contributed by atoms with E-state index in [1.54, 1.807) is 18.2 Å². The van der Waals surface area contributed by atoms with Crippen molar-refractivity contribution in [3.05, 3.63) is 86.3 Å². The van der Waals surface area contributed by atoms with Gasteiger partial charge in [0.2, 0.25) is 0 Å². The Hall–Kier alpha value is -2.86. The maximum absolute atomic E-state index is 12.8. The van der Waals surface area contributed by atoms with E-state index in [-0.39, 0.29) is 11.9 Å². The molecule has 12 heteroatoms. The van der Waals surface area contributed by atoms with E-state index in [1.807, 2.05) is 42.5 Å². The van der Waals surface area contributed by atoms with Crippen LogP contribution in [0.25, 0.3) is 0 Å². The average Bonchev–Trinajstić information content (AvgIpc) is 3.13. The summed E-state index contributed by atoms with van der Waals surface area (Å²) in [4.78, 5) is 30.9. The number of hydrogen-bond acceptors (Lipinski definition) is 9. The molecule has 51 heavy (non-hydrogen) atoms. The molecule has 5 rings (SSSR count). The second kappa shape index (κ2) is 21.6. The summed E-state index contributed by atoms with van der Waals surface area (Å²) in [7, 11) is 0. The summed E-state index contributed by atoms with van der Waals surface area (Å²) in [6, 6.07) is 19.5. The van der Waals surface area contributed by atoms with Gasteiger partial charge in [0.05, 0.1) is 33.6 Å². The van der Waals surface area contributed by atoms with Crippen molar-refractivity contribution in [2.45, 2.75) is 65.0 Å². The van der Waals surface area contributed by atoms with Crippen LogP contribution in [0.1, 0.15) is 68.3 Å². The van der Waals surface area contributed by atoms with Crippen molar-refractivity contribution in [3.63, 3.8) is 0 Å². The van der Waals surface area contributed by atoms with Crippen LogP contribution in [0.4, 0.5) is 17.1 Å². The lowest BCUT2D eigenvalue weighted by Gasteiger charge is -2.34. The van der Waals surface area contributed by atoms with E-state index in [4.69, 9.17) is 38.4 Å². The highest BCUT2D eigenvalue weighted by Crippen LogP contribution is 2.33. The van der Waals surface area contributed by atoms with Gasteiger partial charge in [-0.25, -0.2) is 4.79 Å². The number of anilines is 3. The van der Waals surface area contributed by atoms with Gasteiger partial charge in [0.1, 0.15) is 6.61 Å². The molecule has 0 radical (unpaired) electrons. The Balaban J connectivity index is 0.000000322. The minimum Gasteiger partial charge on any atom is -0.465 e. The second-order valence-electron chi connectivity index (χ2n) is 13.0. The van der Waals surface area contributed by atoms with Gasteiger partial charge >= 0.3 is 11.9 Å². The van der Waals surface area contributed by atoms with Crippen LogP contribution in [-0.4, -0.2) is 91.7 Å². The van der Waals surface area contributed by atoms with Crippen LogP contribution in [0.3, 0.4) is 0 Å². The van der Waals surface area contributed by atoms with Gasteiger partial charge < -0.3 is 25.4 Å². The number of nitrogens with two attached hydrogens (primary N) is 1. The van der Waals surface area contributed by atoms with Gasteiger partial charge in [-0.1, -0.05) is 73.7 Å². The number of hydrogen-bond donors (Lipinski definition) is 2. The normalized spacial score (nSPS) is 15.6. The minimum atomic E-state index is -0.298. The smallest absolute Gasteiger partial charge is 0.338 e. The van der Waals surface area contributed by atoms with Gasteiger partial charge in [-0.15, -0.1) is 0 Å². The largest absolute Gasteiger partial charge is 0.465 e. The molecule has 1 heterocycles. The number of rotatable bonds is 14. The lowest BCUT2D eigenvalue weighted by molar-refractivity contribution is -0.141. The van der Waals surface area contributed by atoms with Gasteiger partial charge in [0, 0.05) is 68.9 Å². The molecular formula is C39H52BrCl2N5O4.